The van der Waals surface area contributed by atoms with Crippen LogP contribution in [0.3, 0.4) is 0 Å². The van der Waals surface area contributed by atoms with Crippen LogP contribution < -0.4 is 4.74 Å². The van der Waals surface area contributed by atoms with Crippen molar-refractivity contribution in [3.63, 3.8) is 0 Å². The summed E-state index contributed by atoms with van der Waals surface area (Å²) in [5, 5.41) is 14.9. The van der Waals surface area contributed by atoms with Gasteiger partial charge in [-0.25, -0.2) is 0 Å². The zero-order valence-electron chi connectivity index (χ0n) is 18.4. The number of aromatic nitrogens is 1. The lowest BCUT2D eigenvalue weighted by Gasteiger charge is -2.37. The van der Waals surface area contributed by atoms with Crippen LogP contribution in [0, 0.1) is 11.8 Å². The fourth-order valence-electron chi connectivity index (χ4n) is 4.61. The number of ether oxygens (including phenoxy) is 2. The highest BCUT2D eigenvalue weighted by Crippen LogP contribution is 2.34. The van der Waals surface area contributed by atoms with Crippen LogP contribution in [0.4, 0.5) is 0 Å². The molecule has 3 aliphatic rings. The third-order valence-corrected chi connectivity index (χ3v) is 6.82. The largest absolute Gasteiger partial charge is 0.497 e. The molecule has 2 aromatic rings. The van der Waals surface area contributed by atoms with Crippen LogP contribution in [-0.2, 0) is 11.2 Å². The molecule has 1 aromatic carbocycles. The molecule has 1 aromatic heterocycles. The van der Waals surface area contributed by atoms with Crippen molar-refractivity contribution in [2.75, 3.05) is 26.7 Å². The van der Waals surface area contributed by atoms with Crippen molar-refractivity contribution in [2.45, 2.75) is 63.3 Å². The highest BCUT2D eigenvalue weighted by atomic mass is 16.5. The highest BCUT2D eigenvalue weighted by Gasteiger charge is 2.35. The molecule has 2 saturated carbocycles. The predicted octanol–water partition coefficient (Wildman–Crippen LogP) is 3.92. The smallest absolute Gasteiger partial charge is 0.167 e. The summed E-state index contributed by atoms with van der Waals surface area (Å²) in [6.45, 7) is 3.19. The number of aliphatic hydroxyl groups excluding tert-OH is 1. The molecule has 1 saturated heterocycles. The molecule has 0 unspecified atom stereocenters. The van der Waals surface area contributed by atoms with Gasteiger partial charge in [-0.15, -0.1) is 0 Å². The Labute approximate surface area is 184 Å². The molecule has 3 fully saturated rings. The topological polar surface area (TPSA) is 68.0 Å². The molecular formula is C25H34N2O4. The third-order valence-electron chi connectivity index (χ3n) is 6.82. The number of hydrogen-bond donors (Lipinski definition) is 1. The maximum atomic E-state index is 10.6. The van der Waals surface area contributed by atoms with E-state index in [4.69, 9.17) is 14.0 Å². The first kappa shape index (κ1) is 21.0. The predicted molar refractivity (Wildman–Crippen MR) is 118 cm³/mol. The number of methoxy groups -OCH3 is 1. The quantitative estimate of drug-likeness (QED) is 0.621. The van der Waals surface area contributed by atoms with Crippen LogP contribution in [0.15, 0.2) is 34.9 Å². The van der Waals surface area contributed by atoms with Crippen LogP contribution in [0.2, 0.25) is 0 Å². The first-order valence-corrected chi connectivity index (χ1v) is 11.8. The van der Waals surface area contributed by atoms with E-state index in [0.717, 1.165) is 54.0 Å². The van der Waals surface area contributed by atoms with Crippen LogP contribution >= 0.6 is 0 Å². The summed E-state index contributed by atoms with van der Waals surface area (Å²) in [7, 11) is 1.66. The van der Waals surface area contributed by atoms with Gasteiger partial charge in [0.1, 0.15) is 5.75 Å². The lowest BCUT2D eigenvalue weighted by atomic mass is 9.97. The second-order valence-electron chi connectivity index (χ2n) is 9.66. The lowest BCUT2D eigenvalue weighted by Crippen LogP contribution is -2.47. The number of rotatable bonds is 10. The van der Waals surface area contributed by atoms with Crippen LogP contribution in [0.1, 0.15) is 44.2 Å². The minimum Gasteiger partial charge on any atom is -0.497 e. The maximum absolute atomic E-state index is 10.6. The average molecular weight is 427 g/mol. The molecule has 3 atom stereocenters. The van der Waals surface area contributed by atoms with Gasteiger partial charge in [0.15, 0.2) is 5.76 Å². The summed E-state index contributed by atoms with van der Waals surface area (Å²) in [5.41, 5.74) is 1.88. The van der Waals surface area contributed by atoms with E-state index in [9.17, 15) is 5.11 Å². The van der Waals surface area contributed by atoms with Crippen LogP contribution in [0.25, 0.3) is 11.3 Å². The van der Waals surface area contributed by atoms with Gasteiger partial charge < -0.3 is 24.0 Å². The molecule has 168 valence electrons. The Morgan fingerprint density at radius 2 is 1.71 bits per heavy atom. The van der Waals surface area contributed by atoms with E-state index in [1.54, 1.807) is 7.11 Å². The van der Waals surface area contributed by atoms with E-state index in [-0.39, 0.29) is 18.3 Å². The third kappa shape index (κ3) is 5.68. The molecule has 1 aliphatic heterocycles. The van der Waals surface area contributed by atoms with Crippen molar-refractivity contribution in [2.24, 2.45) is 11.8 Å². The molecule has 6 nitrogen and oxygen atoms in total. The first-order chi connectivity index (χ1) is 15.2. The number of aliphatic hydroxyl groups is 1. The van der Waals surface area contributed by atoms with Crippen molar-refractivity contribution in [1.29, 1.82) is 0 Å². The van der Waals surface area contributed by atoms with E-state index >= 15 is 0 Å². The van der Waals surface area contributed by atoms with Gasteiger partial charge in [0.25, 0.3) is 0 Å². The monoisotopic (exact) mass is 426 g/mol. The standard InChI is InChI=1S/C25H34N2O4/c1-29-21-8-6-19(7-9-21)24-13-20(26-31-24)12-22-10-11-23(28)25(30-22)16-27(14-17-2-3-17)15-18-4-5-18/h6-9,13,17-18,22-23,25,28H,2-5,10-12,14-16H2,1H3/t22-,23-,25+/m0/s1. The van der Waals surface area contributed by atoms with Crippen molar-refractivity contribution >= 4 is 0 Å². The molecule has 6 heteroatoms. The fraction of sp³-hybridized carbons (Fsp3) is 0.640. The molecule has 0 amide bonds. The highest BCUT2D eigenvalue weighted by molar-refractivity contribution is 5.58. The lowest BCUT2D eigenvalue weighted by molar-refractivity contribution is -0.126. The van der Waals surface area contributed by atoms with Gasteiger partial charge in [0.2, 0.25) is 0 Å². The van der Waals surface area contributed by atoms with Crippen molar-refractivity contribution < 1.29 is 19.1 Å². The zero-order chi connectivity index (χ0) is 21.2. The second kappa shape index (κ2) is 9.31. The molecule has 0 bridgehead atoms. The average Bonchev–Trinajstić information content (AvgIpc) is 3.71. The SMILES string of the molecule is COc1ccc(-c2cc(C[C@@H]3CC[C@H](O)[C@@H](CN(CC4CC4)CC4CC4)O3)no2)cc1. The van der Waals surface area contributed by atoms with Crippen molar-refractivity contribution in [3.8, 4) is 17.1 Å². The second-order valence-corrected chi connectivity index (χ2v) is 9.66. The summed E-state index contributed by atoms with van der Waals surface area (Å²) in [5.74, 6) is 3.30. The molecule has 0 radical (unpaired) electrons. The van der Waals surface area contributed by atoms with Gasteiger partial charge >= 0.3 is 0 Å². The number of benzene rings is 1. The van der Waals surface area contributed by atoms with Crippen LogP contribution in [0.5, 0.6) is 5.75 Å². The first-order valence-electron chi connectivity index (χ1n) is 11.8. The Hall–Kier alpha value is -1.89. The summed E-state index contributed by atoms with van der Waals surface area (Å²) in [6, 6.07) is 9.78. The minimum atomic E-state index is -0.371. The molecule has 1 N–H and O–H groups in total. The number of hydrogen-bond acceptors (Lipinski definition) is 6. The van der Waals surface area contributed by atoms with E-state index in [2.05, 4.69) is 10.1 Å². The normalized spacial score (nSPS) is 26.4. The fourth-order valence-corrected chi connectivity index (χ4v) is 4.61. The van der Waals surface area contributed by atoms with Gasteiger partial charge in [-0.1, -0.05) is 5.16 Å². The Bertz CT molecular complexity index is 829. The van der Waals surface area contributed by atoms with Crippen LogP contribution in [-0.4, -0.2) is 60.2 Å². The zero-order valence-corrected chi connectivity index (χ0v) is 18.4. The summed E-state index contributed by atoms with van der Waals surface area (Å²) < 4.78 is 17.2. The Morgan fingerprint density at radius 3 is 2.35 bits per heavy atom. The Kier molecular flexibility index (Phi) is 6.30. The van der Waals surface area contributed by atoms with E-state index < -0.39 is 0 Å². The molecule has 0 spiro atoms. The van der Waals surface area contributed by atoms with Gasteiger partial charge in [0, 0.05) is 37.7 Å². The minimum absolute atomic E-state index is 0.0749. The van der Waals surface area contributed by atoms with Gasteiger partial charge in [-0.05, 0) is 74.6 Å². The molecule has 2 aliphatic carbocycles. The molecule has 5 rings (SSSR count). The van der Waals surface area contributed by atoms with Gasteiger partial charge in [-0.2, -0.15) is 0 Å². The van der Waals surface area contributed by atoms with Gasteiger partial charge in [-0.3, -0.25) is 0 Å². The Balaban J connectivity index is 1.18. The summed E-state index contributed by atoms with van der Waals surface area (Å²) in [4.78, 5) is 2.56. The maximum Gasteiger partial charge on any atom is 0.167 e. The van der Waals surface area contributed by atoms with E-state index in [1.807, 2.05) is 30.3 Å². The molecule has 31 heavy (non-hydrogen) atoms. The van der Waals surface area contributed by atoms with E-state index in [1.165, 1.54) is 38.8 Å². The van der Waals surface area contributed by atoms with Crippen molar-refractivity contribution in [1.82, 2.24) is 10.1 Å². The Morgan fingerprint density at radius 1 is 1.00 bits per heavy atom. The number of nitrogens with zero attached hydrogens (tertiary/aromatic N) is 2. The van der Waals surface area contributed by atoms with Crippen molar-refractivity contribution in [3.05, 3.63) is 36.0 Å². The summed E-state index contributed by atoms with van der Waals surface area (Å²) in [6.07, 6.45) is 7.41. The van der Waals surface area contributed by atoms with Gasteiger partial charge in [0.05, 0.1) is 31.1 Å². The van der Waals surface area contributed by atoms with E-state index in [0.29, 0.717) is 6.42 Å². The molecule has 2 heterocycles. The summed E-state index contributed by atoms with van der Waals surface area (Å²) >= 11 is 0. The molecular weight excluding hydrogens is 392 g/mol.